The van der Waals surface area contributed by atoms with Gasteiger partial charge in [0.1, 0.15) is 5.82 Å². The Bertz CT molecular complexity index is 758. The molecule has 0 aliphatic rings. The van der Waals surface area contributed by atoms with Crippen LogP contribution in [0.4, 0.5) is 0 Å². The van der Waals surface area contributed by atoms with Gasteiger partial charge in [-0.2, -0.15) is 5.10 Å². The highest BCUT2D eigenvalue weighted by molar-refractivity contribution is 5.86. The summed E-state index contributed by atoms with van der Waals surface area (Å²) in [5, 5.41) is 9.84. The molecule has 3 rings (SSSR count). The van der Waals surface area contributed by atoms with Crippen LogP contribution in [0.5, 0.6) is 0 Å². The van der Waals surface area contributed by atoms with Gasteiger partial charge in [-0.3, -0.25) is 9.89 Å². The quantitative estimate of drug-likeness (QED) is 0.637. The molecule has 120 valence electrons. The van der Waals surface area contributed by atoms with Crippen LogP contribution in [-0.4, -0.2) is 37.6 Å². The molecule has 8 heteroatoms. The van der Waals surface area contributed by atoms with Crippen LogP contribution in [0.3, 0.4) is 0 Å². The van der Waals surface area contributed by atoms with E-state index in [0.717, 1.165) is 5.69 Å². The summed E-state index contributed by atoms with van der Waals surface area (Å²) in [7, 11) is 0. The SMILES string of the molecule is CC(C)(C(=O)NCCc1nc(-c2ccco2)n[nH]1)c1cnc[nH]1. The second-order valence-electron chi connectivity index (χ2n) is 5.68. The maximum Gasteiger partial charge on any atom is 0.231 e. The normalized spacial score (nSPS) is 11.6. The van der Waals surface area contributed by atoms with E-state index in [-0.39, 0.29) is 5.91 Å². The van der Waals surface area contributed by atoms with Gasteiger partial charge < -0.3 is 14.7 Å². The second kappa shape index (κ2) is 6.07. The molecule has 1 amide bonds. The number of carbonyl (C=O) groups excluding carboxylic acids is 1. The molecule has 3 N–H and O–H groups in total. The van der Waals surface area contributed by atoms with Crippen LogP contribution in [-0.2, 0) is 16.6 Å². The average Bonchev–Trinajstić information content (AvgIpc) is 3.27. The zero-order valence-electron chi connectivity index (χ0n) is 13.0. The summed E-state index contributed by atoms with van der Waals surface area (Å²) in [6.07, 6.45) is 5.35. The smallest absolute Gasteiger partial charge is 0.231 e. The highest BCUT2D eigenvalue weighted by Crippen LogP contribution is 2.20. The third-order valence-electron chi connectivity index (χ3n) is 3.66. The lowest BCUT2D eigenvalue weighted by Gasteiger charge is -2.21. The molecule has 0 spiro atoms. The van der Waals surface area contributed by atoms with Crippen molar-refractivity contribution in [1.29, 1.82) is 0 Å². The molecule has 3 aromatic rings. The summed E-state index contributed by atoms with van der Waals surface area (Å²) in [6.45, 7) is 4.15. The van der Waals surface area contributed by atoms with Crippen LogP contribution in [0.1, 0.15) is 25.4 Å². The predicted molar refractivity (Wildman–Crippen MR) is 82.4 cm³/mol. The fourth-order valence-corrected chi connectivity index (χ4v) is 2.16. The third-order valence-corrected chi connectivity index (χ3v) is 3.66. The molecular formula is C15H18N6O2. The Morgan fingerprint density at radius 3 is 3.00 bits per heavy atom. The molecule has 0 radical (unpaired) electrons. The van der Waals surface area contributed by atoms with Crippen LogP contribution < -0.4 is 5.32 Å². The molecule has 0 fully saturated rings. The number of H-pyrrole nitrogens is 2. The molecule has 8 nitrogen and oxygen atoms in total. The molecule has 0 unspecified atom stereocenters. The number of aromatic amines is 2. The molecule has 0 saturated heterocycles. The largest absolute Gasteiger partial charge is 0.461 e. The van der Waals surface area contributed by atoms with E-state index in [2.05, 4.69) is 30.5 Å². The van der Waals surface area contributed by atoms with Crippen LogP contribution in [0.15, 0.2) is 35.3 Å². The summed E-state index contributed by atoms with van der Waals surface area (Å²) in [4.78, 5) is 23.6. The number of rotatable bonds is 6. The molecule has 0 saturated carbocycles. The third kappa shape index (κ3) is 3.15. The maximum atomic E-state index is 12.3. The fourth-order valence-electron chi connectivity index (χ4n) is 2.16. The van der Waals surface area contributed by atoms with Crippen LogP contribution in [0.25, 0.3) is 11.6 Å². The first-order valence-corrected chi connectivity index (χ1v) is 7.29. The van der Waals surface area contributed by atoms with Crippen molar-refractivity contribution < 1.29 is 9.21 Å². The van der Waals surface area contributed by atoms with Crippen LogP contribution in [0, 0.1) is 0 Å². The molecule has 0 aliphatic heterocycles. The van der Waals surface area contributed by atoms with Crippen molar-refractivity contribution in [2.24, 2.45) is 0 Å². The van der Waals surface area contributed by atoms with Gasteiger partial charge in [0.25, 0.3) is 0 Å². The molecule has 0 bridgehead atoms. The number of carbonyl (C=O) groups is 1. The average molecular weight is 314 g/mol. The Morgan fingerprint density at radius 2 is 2.30 bits per heavy atom. The fraction of sp³-hybridized carbons (Fsp3) is 0.333. The minimum absolute atomic E-state index is 0.0764. The first kappa shape index (κ1) is 15.0. The standard InChI is InChI=1S/C15H18N6O2/c1-15(2,11-8-16-9-18-11)14(22)17-6-5-12-19-13(21-20-12)10-4-3-7-23-10/h3-4,7-9H,5-6H2,1-2H3,(H,16,18)(H,17,22)(H,19,20,21). The number of amides is 1. The van der Waals surface area contributed by atoms with Crippen LogP contribution in [0.2, 0.25) is 0 Å². The first-order chi connectivity index (χ1) is 11.1. The van der Waals surface area contributed by atoms with Gasteiger partial charge in [0.05, 0.1) is 18.0 Å². The number of hydrogen-bond donors (Lipinski definition) is 3. The zero-order chi connectivity index (χ0) is 16.3. The van der Waals surface area contributed by atoms with E-state index in [0.29, 0.717) is 30.4 Å². The van der Waals surface area contributed by atoms with Crippen molar-refractivity contribution in [2.45, 2.75) is 25.7 Å². The molecule has 3 heterocycles. The van der Waals surface area contributed by atoms with Gasteiger partial charge in [0.2, 0.25) is 11.7 Å². The van der Waals surface area contributed by atoms with Gasteiger partial charge in [0.15, 0.2) is 5.76 Å². The van der Waals surface area contributed by atoms with Crippen molar-refractivity contribution >= 4 is 5.91 Å². The van der Waals surface area contributed by atoms with Crippen molar-refractivity contribution in [1.82, 2.24) is 30.5 Å². The summed E-state index contributed by atoms with van der Waals surface area (Å²) < 4.78 is 5.24. The van der Waals surface area contributed by atoms with E-state index in [1.54, 1.807) is 30.9 Å². The molecule has 0 aliphatic carbocycles. The zero-order valence-corrected chi connectivity index (χ0v) is 13.0. The molecule has 23 heavy (non-hydrogen) atoms. The number of imidazole rings is 1. The number of furan rings is 1. The molecule has 3 aromatic heterocycles. The lowest BCUT2D eigenvalue weighted by atomic mass is 9.89. The highest BCUT2D eigenvalue weighted by atomic mass is 16.3. The van der Waals surface area contributed by atoms with Gasteiger partial charge >= 0.3 is 0 Å². The Balaban J connectivity index is 1.54. The first-order valence-electron chi connectivity index (χ1n) is 7.29. The number of hydrogen-bond acceptors (Lipinski definition) is 5. The minimum Gasteiger partial charge on any atom is -0.461 e. The van der Waals surface area contributed by atoms with E-state index >= 15 is 0 Å². The van der Waals surface area contributed by atoms with E-state index in [1.807, 2.05) is 13.8 Å². The van der Waals surface area contributed by atoms with Crippen molar-refractivity contribution in [3.8, 4) is 11.6 Å². The monoisotopic (exact) mass is 314 g/mol. The van der Waals surface area contributed by atoms with E-state index in [9.17, 15) is 4.79 Å². The van der Waals surface area contributed by atoms with Gasteiger partial charge in [-0.15, -0.1) is 0 Å². The maximum absolute atomic E-state index is 12.3. The lowest BCUT2D eigenvalue weighted by molar-refractivity contribution is -0.125. The van der Waals surface area contributed by atoms with E-state index < -0.39 is 5.41 Å². The Kier molecular flexibility index (Phi) is 3.96. The van der Waals surface area contributed by atoms with Gasteiger partial charge in [0, 0.05) is 24.9 Å². The minimum atomic E-state index is -0.669. The topological polar surface area (TPSA) is 112 Å². The van der Waals surface area contributed by atoms with Crippen LogP contribution >= 0.6 is 0 Å². The summed E-state index contributed by atoms with van der Waals surface area (Å²) in [6, 6.07) is 3.57. The van der Waals surface area contributed by atoms with E-state index in [4.69, 9.17) is 4.42 Å². The Morgan fingerprint density at radius 1 is 1.43 bits per heavy atom. The molecule has 0 aromatic carbocycles. The predicted octanol–water partition coefficient (Wildman–Crippen LogP) is 1.42. The van der Waals surface area contributed by atoms with Gasteiger partial charge in [-0.25, -0.2) is 9.97 Å². The summed E-state index contributed by atoms with van der Waals surface area (Å²) >= 11 is 0. The lowest BCUT2D eigenvalue weighted by Crippen LogP contribution is -2.41. The molecule has 0 atom stereocenters. The Hall–Kier alpha value is -2.90. The number of nitrogens with zero attached hydrogens (tertiary/aromatic N) is 3. The number of aromatic nitrogens is 5. The molecular weight excluding hydrogens is 296 g/mol. The van der Waals surface area contributed by atoms with Crippen molar-refractivity contribution in [2.75, 3.05) is 6.54 Å². The van der Waals surface area contributed by atoms with Gasteiger partial charge in [-0.1, -0.05) is 0 Å². The van der Waals surface area contributed by atoms with Crippen molar-refractivity contribution in [3.05, 3.63) is 42.4 Å². The van der Waals surface area contributed by atoms with E-state index in [1.165, 1.54) is 0 Å². The Labute approximate surface area is 132 Å². The van der Waals surface area contributed by atoms with Crippen molar-refractivity contribution in [3.63, 3.8) is 0 Å². The highest BCUT2D eigenvalue weighted by Gasteiger charge is 2.30. The number of nitrogens with one attached hydrogen (secondary N) is 3. The summed E-state index contributed by atoms with van der Waals surface area (Å²) in [5.74, 6) is 1.73. The second-order valence-corrected chi connectivity index (χ2v) is 5.68. The van der Waals surface area contributed by atoms with Gasteiger partial charge in [-0.05, 0) is 26.0 Å². The summed E-state index contributed by atoms with van der Waals surface area (Å²) in [5.41, 5.74) is 0.104.